The number of aliphatic hydroxyl groups excluding tert-OH is 2. The number of hydrogen-bond donors (Lipinski definition) is 4. The maximum Gasteiger partial charge on any atom is 0.157 e. The highest BCUT2D eigenvalue weighted by molar-refractivity contribution is 5.48. The van der Waals surface area contributed by atoms with Crippen LogP contribution >= 0.6 is 0 Å². The molecule has 3 aliphatic carbocycles. The molecule has 4 rings (SSSR count). The number of phenolic OH excluding ortho intramolecular Hbond substituents is 2. The molecular formula is C18H24O4. The molecule has 22 heavy (non-hydrogen) atoms. The Morgan fingerprint density at radius 2 is 1.82 bits per heavy atom. The zero-order valence-electron chi connectivity index (χ0n) is 12.9. The summed E-state index contributed by atoms with van der Waals surface area (Å²) in [6, 6.07) is 3.43. The molecule has 4 heteroatoms. The number of benzene rings is 1. The van der Waals surface area contributed by atoms with Gasteiger partial charge in [0.25, 0.3) is 0 Å². The van der Waals surface area contributed by atoms with Gasteiger partial charge < -0.3 is 20.4 Å². The third-order valence-corrected chi connectivity index (χ3v) is 6.79. The summed E-state index contributed by atoms with van der Waals surface area (Å²) >= 11 is 0. The van der Waals surface area contributed by atoms with E-state index in [1.807, 2.05) is 0 Å². The Bertz CT molecular complexity index is 613. The van der Waals surface area contributed by atoms with Gasteiger partial charge in [-0.05, 0) is 78.5 Å². The maximum atomic E-state index is 10.4. The molecule has 6 atom stereocenters. The van der Waals surface area contributed by atoms with E-state index >= 15 is 0 Å². The second-order valence-corrected chi connectivity index (χ2v) is 7.75. The Kier molecular flexibility index (Phi) is 3.01. The minimum absolute atomic E-state index is 0.0374. The van der Waals surface area contributed by atoms with E-state index in [0.717, 1.165) is 36.8 Å². The van der Waals surface area contributed by atoms with Gasteiger partial charge in [0, 0.05) is 0 Å². The normalized spacial score (nSPS) is 43.3. The molecule has 0 amide bonds. The lowest BCUT2D eigenvalue weighted by molar-refractivity contribution is -0.0505. The van der Waals surface area contributed by atoms with E-state index in [9.17, 15) is 20.4 Å². The summed E-state index contributed by atoms with van der Waals surface area (Å²) in [7, 11) is 0. The van der Waals surface area contributed by atoms with E-state index in [1.54, 1.807) is 12.1 Å². The lowest BCUT2D eigenvalue weighted by Gasteiger charge is -2.49. The van der Waals surface area contributed by atoms with Crippen molar-refractivity contribution in [1.82, 2.24) is 0 Å². The molecule has 0 heterocycles. The Hall–Kier alpha value is -1.26. The fourth-order valence-corrected chi connectivity index (χ4v) is 5.58. The van der Waals surface area contributed by atoms with E-state index in [1.165, 1.54) is 0 Å². The first-order valence-electron chi connectivity index (χ1n) is 8.32. The van der Waals surface area contributed by atoms with Crippen molar-refractivity contribution in [2.75, 3.05) is 0 Å². The average Bonchev–Trinajstić information content (AvgIpc) is 2.72. The second-order valence-electron chi connectivity index (χ2n) is 7.75. The van der Waals surface area contributed by atoms with Crippen LogP contribution in [0.5, 0.6) is 11.5 Å². The highest BCUT2D eigenvalue weighted by Crippen LogP contribution is 2.61. The maximum absolute atomic E-state index is 10.4. The number of phenols is 2. The highest BCUT2D eigenvalue weighted by Gasteiger charge is 2.57. The summed E-state index contributed by atoms with van der Waals surface area (Å²) in [5.41, 5.74) is 2.11. The molecule has 120 valence electrons. The van der Waals surface area contributed by atoms with Crippen molar-refractivity contribution < 1.29 is 20.4 Å². The smallest absolute Gasteiger partial charge is 0.157 e. The summed E-state index contributed by atoms with van der Waals surface area (Å²) in [5, 5.41) is 40.1. The number of hydrogen-bond acceptors (Lipinski definition) is 4. The van der Waals surface area contributed by atoms with Crippen molar-refractivity contribution in [2.45, 2.75) is 57.2 Å². The molecule has 3 aliphatic rings. The minimum Gasteiger partial charge on any atom is -0.504 e. The monoisotopic (exact) mass is 304 g/mol. The summed E-state index contributed by atoms with van der Waals surface area (Å²) in [6.07, 6.45) is 3.25. The van der Waals surface area contributed by atoms with Crippen LogP contribution in [-0.2, 0) is 6.42 Å². The van der Waals surface area contributed by atoms with E-state index in [2.05, 4.69) is 6.92 Å². The molecule has 0 saturated heterocycles. The zero-order chi connectivity index (χ0) is 15.6. The predicted octanol–water partition coefficient (Wildman–Crippen LogP) is 2.29. The average molecular weight is 304 g/mol. The first-order valence-corrected chi connectivity index (χ1v) is 8.32. The van der Waals surface area contributed by atoms with Crippen molar-refractivity contribution >= 4 is 0 Å². The summed E-state index contributed by atoms with van der Waals surface area (Å²) in [4.78, 5) is 0. The largest absolute Gasteiger partial charge is 0.504 e. The number of aliphatic hydroxyl groups is 2. The van der Waals surface area contributed by atoms with E-state index in [4.69, 9.17) is 0 Å². The van der Waals surface area contributed by atoms with Crippen molar-refractivity contribution in [3.8, 4) is 11.5 Å². The Morgan fingerprint density at radius 3 is 2.59 bits per heavy atom. The van der Waals surface area contributed by atoms with Gasteiger partial charge in [-0.15, -0.1) is 0 Å². The van der Waals surface area contributed by atoms with E-state index in [-0.39, 0.29) is 16.9 Å². The number of aromatic hydroxyl groups is 2. The van der Waals surface area contributed by atoms with Gasteiger partial charge in [-0.25, -0.2) is 0 Å². The molecule has 0 bridgehead atoms. The topological polar surface area (TPSA) is 80.9 Å². The molecular weight excluding hydrogens is 280 g/mol. The van der Waals surface area contributed by atoms with Crippen LogP contribution in [-0.4, -0.2) is 32.6 Å². The third-order valence-electron chi connectivity index (χ3n) is 6.79. The summed E-state index contributed by atoms with van der Waals surface area (Å²) < 4.78 is 0. The number of aryl methyl sites for hydroxylation is 1. The third kappa shape index (κ3) is 1.77. The van der Waals surface area contributed by atoms with Crippen LogP contribution < -0.4 is 0 Å². The first-order chi connectivity index (χ1) is 10.4. The Labute approximate surface area is 130 Å². The molecule has 1 aromatic rings. The van der Waals surface area contributed by atoms with Crippen molar-refractivity contribution in [3.05, 3.63) is 23.3 Å². The standard InChI is InChI=1S/C18H24O4/c1-18-5-4-10-11(13(18)8-16(21)17(18)22)3-2-9-6-14(19)15(20)7-12(9)10/h6-7,10-11,13,16-17,19-22H,2-5,8H2,1H3/t10-,11+,13-,16?,17+,18-/m0/s1. The van der Waals surface area contributed by atoms with Crippen molar-refractivity contribution in [2.24, 2.45) is 17.3 Å². The van der Waals surface area contributed by atoms with Crippen LogP contribution in [0.1, 0.15) is 49.7 Å². The molecule has 2 fully saturated rings. The van der Waals surface area contributed by atoms with Crippen molar-refractivity contribution in [1.29, 1.82) is 0 Å². The molecule has 0 radical (unpaired) electrons. The first kappa shape index (κ1) is 14.3. The number of fused-ring (bicyclic) bond motifs is 5. The van der Waals surface area contributed by atoms with Gasteiger partial charge in [0.1, 0.15) is 0 Å². The molecule has 1 aromatic carbocycles. The summed E-state index contributed by atoms with van der Waals surface area (Å²) in [5.74, 6) is 1.07. The predicted molar refractivity (Wildman–Crippen MR) is 81.8 cm³/mol. The molecule has 0 spiro atoms. The quantitative estimate of drug-likeness (QED) is 0.554. The molecule has 4 nitrogen and oxygen atoms in total. The molecule has 1 unspecified atom stereocenters. The lowest BCUT2D eigenvalue weighted by atomic mass is 9.55. The fourth-order valence-electron chi connectivity index (χ4n) is 5.58. The van der Waals surface area contributed by atoms with Crippen LogP contribution in [0.15, 0.2) is 12.1 Å². The lowest BCUT2D eigenvalue weighted by Crippen LogP contribution is -2.44. The van der Waals surface area contributed by atoms with Gasteiger partial charge in [-0.3, -0.25) is 0 Å². The van der Waals surface area contributed by atoms with Gasteiger partial charge in [-0.2, -0.15) is 0 Å². The Balaban J connectivity index is 1.73. The van der Waals surface area contributed by atoms with Crippen LogP contribution in [0.3, 0.4) is 0 Å². The van der Waals surface area contributed by atoms with E-state index in [0.29, 0.717) is 24.2 Å². The van der Waals surface area contributed by atoms with Gasteiger partial charge in [0.15, 0.2) is 11.5 Å². The number of rotatable bonds is 0. The Morgan fingerprint density at radius 1 is 1.09 bits per heavy atom. The zero-order valence-corrected chi connectivity index (χ0v) is 12.9. The van der Waals surface area contributed by atoms with Crippen LogP contribution in [0.25, 0.3) is 0 Å². The van der Waals surface area contributed by atoms with Gasteiger partial charge in [0.05, 0.1) is 12.2 Å². The van der Waals surface area contributed by atoms with Crippen LogP contribution in [0.4, 0.5) is 0 Å². The van der Waals surface area contributed by atoms with Gasteiger partial charge >= 0.3 is 0 Å². The second kappa shape index (κ2) is 4.62. The van der Waals surface area contributed by atoms with Crippen LogP contribution in [0, 0.1) is 17.3 Å². The summed E-state index contributed by atoms with van der Waals surface area (Å²) in [6.45, 7) is 2.12. The van der Waals surface area contributed by atoms with E-state index < -0.39 is 12.2 Å². The SMILES string of the molecule is C[C@]12CC[C@@H]3c4cc(O)c(O)cc4CC[C@H]3[C@@H]1CC(O)[C@H]2O. The molecule has 2 saturated carbocycles. The molecule has 4 N–H and O–H groups in total. The fraction of sp³-hybridized carbons (Fsp3) is 0.667. The van der Waals surface area contributed by atoms with Gasteiger partial charge in [0.2, 0.25) is 0 Å². The van der Waals surface area contributed by atoms with Crippen LogP contribution in [0.2, 0.25) is 0 Å². The van der Waals surface area contributed by atoms with Gasteiger partial charge in [-0.1, -0.05) is 6.92 Å². The molecule has 0 aliphatic heterocycles. The molecule has 0 aromatic heterocycles. The highest BCUT2D eigenvalue weighted by atomic mass is 16.3. The van der Waals surface area contributed by atoms with Crippen molar-refractivity contribution in [3.63, 3.8) is 0 Å². The minimum atomic E-state index is -0.618.